The predicted octanol–water partition coefficient (Wildman–Crippen LogP) is 2.15. The molecule has 1 aromatic carbocycles. The number of aliphatic hydroxyl groups is 2. The Morgan fingerprint density at radius 3 is 2.44 bits per heavy atom. The van der Waals surface area contributed by atoms with Gasteiger partial charge >= 0.3 is 0 Å². The average molecular weight is 269 g/mol. The second-order valence-electron chi connectivity index (χ2n) is 4.33. The van der Waals surface area contributed by atoms with E-state index in [1.54, 1.807) is 11.8 Å². The minimum Gasteiger partial charge on any atom is -0.395 e. The molecule has 0 spiro atoms. The number of benzene rings is 1. The van der Waals surface area contributed by atoms with Gasteiger partial charge in [-0.1, -0.05) is 19.1 Å². The third-order valence-corrected chi connectivity index (χ3v) is 3.74. The summed E-state index contributed by atoms with van der Waals surface area (Å²) in [6, 6.07) is 8.11. The standard InChI is InChI=1S/C14H23NO2S/c1-3-18-13-6-4-12(5-7-13)14(17)8-9-15(2)10-11-16/h4-7,14,16-17H,3,8-11H2,1-2H3. The smallest absolute Gasteiger partial charge is 0.0802 e. The SMILES string of the molecule is CCSc1ccc(C(O)CCN(C)CCO)cc1. The Hall–Kier alpha value is -0.550. The maximum atomic E-state index is 10.1. The lowest BCUT2D eigenvalue weighted by Crippen LogP contribution is -2.24. The van der Waals surface area contributed by atoms with Crippen molar-refractivity contribution in [1.29, 1.82) is 0 Å². The summed E-state index contributed by atoms with van der Waals surface area (Å²) in [6.45, 7) is 3.73. The molecule has 0 radical (unpaired) electrons. The van der Waals surface area contributed by atoms with Crippen molar-refractivity contribution < 1.29 is 10.2 Å². The van der Waals surface area contributed by atoms with E-state index in [1.165, 1.54) is 4.90 Å². The van der Waals surface area contributed by atoms with E-state index < -0.39 is 6.10 Å². The van der Waals surface area contributed by atoms with Crippen LogP contribution in [0.5, 0.6) is 0 Å². The third-order valence-electron chi connectivity index (χ3n) is 2.84. The average Bonchev–Trinajstić information content (AvgIpc) is 2.37. The van der Waals surface area contributed by atoms with E-state index in [0.29, 0.717) is 13.0 Å². The molecule has 0 bridgehead atoms. The van der Waals surface area contributed by atoms with Gasteiger partial charge in [-0.05, 0) is 36.9 Å². The van der Waals surface area contributed by atoms with E-state index in [1.807, 2.05) is 24.1 Å². The van der Waals surface area contributed by atoms with Gasteiger partial charge in [0.1, 0.15) is 0 Å². The first-order valence-electron chi connectivity index (χ1n) is 6.37. The highest BCUT2D eigenvalue weighted by molar-refractivity contribution is 7.99. The molecule has 0 amide bonds. The quantitative estimate of drug-likeness (QED) is 0.710. The van der Waals surface area contributed by atoms with E-state index in [9.17, 15) is 5.11 Å². The summed E-state index contributed by atoms with van der Waals surface area (Å²) >= 11 is 1.80. The Morgan fingerprint density at radius 2 is 1.89 bits per heavy atom. The minimum atomic E-state index is -0.424. The first-order chi connectivity index (χ1) is 8.67. The first kappa shape index (κ1) is 15.5. The normalized spacial score (nSPS) is 12.9. The van der Waals surface area contributed by atoms with Gasteiger partial charge in [-0.25, -0.2) is 0 Å². The second-order valence-corrected chi connectivity index (χ2v) is 5.67. The Bertz CT molecular complexity index is 329. The number of likely N-dealkylation sites (N-methyl/N-ethyl adjacent to an activating group) is 1. The molecule has 0 saturated heterocycles. The van der Waals surface area contributed by atoms with E-state index in [0.717, 1.165) is 17.9 Å². The summed E-state index contributed by atoms with van der Waals surface area (Å²) in [4.78, 5) is 3.26. The van der Waals surface area contributed by atoms with E-state index in [4.69, 9.17) is 5.11 Å². The highest BCUT2D eigenvalue weighted by Gasteiger charge is 2.08. The number of thioether (sulfide) groups is 1. The molecule has 1 atom stereocenters. The van der Waals surface area contributed by atoms with Crippen LogP contribution in [0.15, 0.2) is 29.2 Å². The maximum absolute atomic E-state index is 10.1. The Labute approximate surface area is 114 Å². The Balaban J connectivity index is 2.43. The summed E-state index contributed by atoms with van der Waals surface area (Å²) < 4.78 is 0. The molecular formula is C14H23NO2S. The molecule has 1 unspecified atom stereocenters. The molecule has 0 heterocycles. The van der Waals surface area contributed by atoms with Crippen molar-refractivity contribution in [3.63, 3.8) is 0 Å². The second kappa shape index (κ2) is 8.53. The molecular weight excluding hydrogens is 246 g/mol. The van der Waals surface area contributed by atoms with E-state index >= 15 is 0 Å². The van der Waals surface area contributed by atoms with Gasteiger partial charge in [-0.15, -0.1) is 11.8 Å². The lowest BCUT2D eigenvalue weighted by Gasteiger charge is -2.18. The zero-order valence-electron chi connectivity index (χ0n) is 11.2. The lowest BCUT2D eigenvalue weighted by atomic mass is 10.1. The fourth-order valence-electron chi connectivity index (χ4n) is 1.74. The van der Waals surface area contributed by atoms with Gasteiger partial charge in [0.25, 0.3) is 0 Å². The van der Waals surface area contributed by atoms with Crippen LogP contribution in [-0.4, -0.2) is 47.6 Å². The summed E-state index contributed by atoms with van der Waals surface area (Å²) in [7, 11) is 1.95. The van der Waals surface area contributed by atoms with Gasteiger partial charge in [-0.2, -0.15) is 0 Å². The van der Waals surface area contributed by atoms with Crippen LogP contribution in [0, 0.1) is 0 Å². The minimum absolute atomic E-state index is 0.162. The fraction of sp³-hybridized carbons (Fsp3) is 0.571. The topological polar surface area (TPSA) is 43.7 Å². The highest BCUT2D eigenvalue weighted by Crippen LogP contribution is 2.22. The lowest BCUT2D eigenvalue weighted by molar-refractivity contribution is 0.141. The van der Waals surface area contributed by atoms with Gasteiger partial charge in [0.2, 0.25) is 0 Å². The molecule has 0 aliphatic heterocycles. The predicted molar refractivity (Wildman–Crippen MR) is 77.0 cm³/mol. The molecule has 0 saturated carbocycles. The summed E-state index contributed by atoms with van der Waals surface area (Å²) in [5, 5.41) is 18.9. The van der Waals surface area contributed by atoms with Crippen molar-refractivity contribution in [2.24, 2.45) is 0 Å². The molecule has 0 aliphatic rings. The molecule has 1 aromatic rings. The number of rotatable bonds is 8. The van der Waals surface area contributed by atoms with Gasteiger partial charge in [0.15, 0.2) is 0 Å². The van der Waals surface area contributed by atoms with E-state index in [2.05, 4.69) is 19.1 Å². The molecule has 2 N–H and O–H groups in total. The van der Waals surface area contributed by atoms with Crippen molar-refractivity contribution in [2.45, 2.75) is 24.3 Å². The molecule has 18 heavy (non-hydrogen) atoms. The van der Waals surface area contributed by atoms with Crippen LogP contribution in [-0.2, 0) is 0 Å². The van der Waals surface area contributed by atoms with Crippen molar-refractivity contribution in [2.75, 3.05) is 32.5 Å². The zero-order valence-corrected chi connectivity index (χ0v) is 12.0. The van der Waals surface area contributed by atoms with Gasteiger partial charge in [-0.3, -0.25) is 0 Å². The van der Waals surface area contributed by atoms with Crippen molar-refractivity contribution in [3.8, 4) is 0 Å². The molecule has 0 fully saturated rings. The van der Waals surface area contributed by atoms with E-state index in [-0.39, 0.29) is 6.61 Å². The Morgan fingerprint density at radius 1 is 1.22 bits per heavy atom. The van der Waals surface area contributed by atoms with Crippen LogP contribution >= 0.6 is 11.8 Å². The van der Waals surface area contributed by atoms with Gasteiger partial charge < -0.3 is 15.1 Å². The highest BCUT2D eigenvalue weighted by atomic mass is 32.2. The number of hydrogen-bond donors (Lipinski definition) is 2. The first-order valence-corrected chi connectivity index (χ1v) is 7.36. The van der Waals surface area contributed by atoms with Crippen LogP contribution in [0.25, 0.3) is 0 Å². The summed E-state index contributed by atoms with van der Waals surface area (Å²) in [5.74, 6) is 1.06. The molecule has 1 rings (SSSR count). The number of nitrogens with zero attached hydrogens (tertiary/aromatic N) is 1. The monoisotopic (exact) mass is 269 g/mol. The fourth-order valence-corrected chi connectivity index (χ4v) is 2.41. The van der Waals surface area contributed by atoms with Crippen molar-refractivity contribution in [3.05, 3.63) is 29.8 Å². The molecule has 3 nitrogen and oxygen atoms in total. The van der Waals surface area contributed by atoms with Crippen LogP contribution < -0.4 is 0 Å². The zero-order chi connectivity index (χ0) is 13.4. The van der Waals surface area contributed by atoms with Crippen molar-refractivity contribution >= 4 is 11.8 Å². The van der Waals surface area contributed by atoms with Crippen LogP contribution in [0.1, 0.15) is 25.0 Å². The van der Waals surface area contributed by atoms with Crippen LogP contribution in [0.3, 0.4) is 0 Å². The molecule has 4 heteroatoms. The maximum Gasteiger partial charge on any atom is 0.0802 e. The molecule has 102 valence electrons. The summed E-state index contributed by atoms with van der Waals surface area (Å²) in [5.41, 5.74) is 0.966. The van der Waals surface area contributed by atoms with Crippen LogP contribution in [0.2, 0.25) is 0 Å². The summed E-state index contributed by atoms with van der Waals surface area (Å²) in [6.07, 6.45) is 0.267. The van der Waals surface area contributed by atoms with Crippen LogP contribution in [0.4, 0.5) is 0 Å². The third kappa shape index (κ3) is 5.40. The van der Waals surface area contributed by atoms with Gasteiger partial charge in [0, 0.05) is 18.0 Å². The number of aliphatic hydroxyl groups excluding tert-OH is 2. The van der Waals surface area contributed by atoms with Crippen molar-refractivity contribution in [1.82, 2.24) is 4.90 Å². The molecule has 0 aliphatic carbocycles. The largest absolute Gasteiger partial charge is 0.395 e. The Kier molecular flexibility index (Phi) is 7.35. The van der Waals surface area contributed by atoms with Gasteiger partial charge in [0.05, 0.1) is 12.7 Å². The molecule has 0 aromatic heterocycles. The number of hydrogen-bond acceptors (Lipinski definition) is 4.